The minimum absolute atomic E-state index is 0.0456. The maximum absolute atomic E-state index is 12.3. The summed E-state index contributed by atoms with van der Waals surface area (Å²) in [5.74, 6) is -3.58. The van der Waals surface area contributed by atoms with E-state index in [0.29, 0.717) is 0 Å². The number of hydrogen-bond acceptors (Lipinski definition) is 3. The normalized spacial score (nSPS) is 11.9. The molecule has 0 saturated heterocycles. The third-order valence-electron chi connectivity index (χ3n) is 1.74. The zero-order valence-corrected chi connectivity index (χ0v) is 7.79. The van der Waals surface area contributed by atoms with E-state index in [1.54, 1.807) is 0 Å². The lowest BCUT2D eigenvalue weighted by Crippen LogP contribution is -2.14. The van der Waals surface area contributed by atoms with Crippen molar-refractivity contribution in [3.8, 4) is 5.75 Å². The van der Waals surface area contributed by atoms with Gasteiger partial charge in [-0.3, -0.25) is 0 Å². The first-order chi connectivity index (χ1) is 7.64. The van der Waals surface area contributed by atoms with Crippen LogP contribution in [0.3, 0.4) is 0 Å². The third kappa shape index (κ3) is 2.60. The number of aromatic carboxylic acids is 1. The Morgan fingerprint density at radius 3 is 2.24 bits per heavy atom. The maximum atomic E-state index is 12.3. The van der Waals surface area contributed by atoms with Gasteiger partial charge in [0.1, 0.15) is 5.75 Å². The van der Waals surface area contributed by atoms with Crippen molar-refractivity contribution in [2.75, 3.05) is 0 Å². The van der Waals surface area contributed by atoms with Crippen molar-refractivity contribution in [2.24, 2.45) is 0 Å². The van der Waals surface area contributed by atoms with E-state index in [1.807, 2.05) is 0 Å². The molecule has 0 radical (unpaired) electrons. The number of hydrogen-bond donors (Lipinski definition) is 2. The van der Waals surface area contributed by atoms with E-state index in [4.69, 9.17) is 10.2 Å². The molecule has 0 aliphatic heterocycles. The number of rotatable bonds is 2. The van der Waals surface area contributed by atoms with Gasteiger partial charge in [0.25, 0.3) is 6.43 Å². The number of carboxylic acids is 1. The van der Waals surface area contributed by atoms with Crippen LogP contribution >= 0.6 is 0 Å². The van der Waals surface area contributed by atoms with Crippen molar-refractivity contribution >= 4 is 5.97 Å². The smallest absolute Gasteiger partial charge is 0.437 e. The monoisotopic (exact) mass is 257 g/mol. The molecular formula is C8H4F5NO3. The van der Waals surface area contributed by atoms with E-state index in [1.165, 1.54) is 0 Å². The molecule has 0 aromatic carbocycles. The molecule has 17 heavy (non-hydrogen) atoms. The molecular weight excluding hydrogens is 253 g/mol. The number of nitrogens with zero attached hydrogens (tertiary/aromatic N) is 1. The quantitative estimate of drug-likeness (QED) is 0.798. The molecule has 94 valence electrons. The fourth-order valence-corrected chi connectivity index (χ4v) is 1.06. The lowest BCUT2D eigenvalue weighted by Gasteiger charge is -2.11. The van der Waals surface area contributed by atoms with Gasteiger partial charge < -0.3 is 10.2 Å². The average Bonchev–Trinajstić information content (AvgIpc) is 2.14. The molecule has 1 heterocycles. The van der Waals surface area contributed by atoms with Gasteiger partial charge in [0.15, 0.2) is 11.4 Å². The Morgan fingerprint density at radius 2 is 1.88 bits per heavy atom. The Morgan fingerprint density at radius 1 is 1.35 bits per heavy atom. The highest BCUT2D eigenvalue weighted by Crippen LogP contribution is 2.37. The van der Waals surface area contributed by atoms with E-state index in [9.17, 15) is 26.7 Å². The summed E-state index contributed by atoms with van der Waals surface area (Å²) < 4.78 is 61.3. The van der Waals surface area contributed by atoms with Gasteiger partial charge in [-0.25, -0.2) is 18.6 Å². The van der Waals surface area contributed by atoms with Gasteiger partial charge in [0.05, 0.1) is 5.56 Å². The first kappa shape index (κ1) is 13.1. The minimum atomic E-state index is -5.13. The lowest BCUT2D eigenvalue weighted by molar-refractivity contribution is -0.142. The third-order valence-corrected chi connectivity index (χ3v) is 1.74. The number of pyridine rings is 1. The Hall–Kier alpha value is -1.93. The summed E-state index contributed by atoms with van der Waals surface area (Å²) in [5.41, 5.74) is -4.63. The fraction of sp³-hybridized carbons (Fsp3) is 0.250. The maximum Gasteiger partial charge on any atom is 0.437 e. The van der Waals surface area contributed by atoms with Crippen LogP contribution in [-0.2, 0) is 6.18 Å². The average molecular weight is 257 g/mol. The standard InChI is InChI=1S/C8H4F5NO3/c9-6(10)2-1-3(15)5(8(11,12)13)14-4(2)7(16)17/h1,6,15H,(H,16,17). The predicted molar refractivity (Wildman–Crippen MR) is 42.8 cm³/mol. The van der Waals surface area contributed by atoms with Crippen molar-refractivity contribution in [3.05, 3.63) is 23.0 Å². The highest BCUT2D eigenvalue weighted by molar-refractivity contribution is 5.87. The summed E-state index contributed by atoms with van der Waals surface area (Å²) in [6.45, 7) is 0. The number of alkyl halides is 5. The molecule has 0 aliphatic carbocycles. The molecule has 4 nitrogen and oxygen atoms in total. The Bertz CT molecular complexity index is 457. The number of aromatic nitrogens is 1. The molecule has 0 unspecified atom stereocenters. The summed E-state index contributed by atoms with van der Waals surface area (Å²) in [6.07, 6.45) is -8.49. The SMILES string of the molecule is O=C(O)c1nc(C(F)(F)F)c(O)cc1C(F)F. The van der Waals surface area contributed by atoms with E-state index in [2.05, 4.69) is 4.98 Å². The van der Waals surface area contributed by atoms with Gasteiger partial charge in [-0.15, -0.1) is 0 Å². The number of carboxylic acid groups (broad SMARTS) is 1. The second kappa shape index (κ2) is 4.15. The number of aromatic hydroxyl groups is 1. The van der Waals surface area contributed by atoms with E-state index < -0.39 is 41.3 Å². The second-order valence-corrected chi connectivity index (χ2v) is 2.90. The van der Waals surface area contributed by atoms with Crippen LogP contribution in [0.4, 0.5) is 22.0 Å². The molecule has 1 aromatic heterocycles. The summed E-state index contributed by atoms with van der Waals surface area (Å²) in [4.78, 5) is 13.0. The zero-order valence-electron chi connectivity index (χ0n) is 7.79. The lowest BCUT2D eigenvalue weighted by atomic mass is 10.1. The van der Waals surface area contributed by atoms with Crippen LogP contribution in [0.1, 0.15) is 28.2 Å². The van der Waals surface area contributed by atoms with Gasteiger partial charge in [-0.1, -0.05) is 0 Å². The molecule has 0 saturated carbocycles. The first-order valence-electron chi connectivity index (χ1n) is 3.97. The molecule has 0 atom stereocenters. The fourth-order valence-electron chi connectivity index (χ4n) is 1.06. The highest BCUT2D eigenvalue weighted by atomic mass is 19.4. The molecule has 0 bridgehead atoms. The first-order valence-corrected chi connectivity index (χ1v) is 3.97. The van der Waals surface area contributed by atoms with Gasteiger partial charge in [0.2, 0.25) is 0 Å². The largest absolute Gasteiger partial charge is 0.506 e. The molecule has 2 N–H and O–H groups in total. The summed E-state index contributed by atoms with van der Waals surface area (Å²) in [7, 11) is 0. The van der Waals surface area contributed by atoms with Crippen LogP contribution in [0, 0.1) is 0 Å². The summed E-state index contributed by atoms with van der Waals surface area (Å²) in [6, 6.07) is 0.0456. The molecule has 9 heteroatoms. The van der Waals surface area contributed by atoms with E-state index >= 15 is 0 Å². The van der Waals surface area contributed by atoms with Crippen LogP contribution in [0.25, 0.3) is 0 Å². The van der Waals surface area contributed by atoms with Gasteiger partial charge in [0, 0.05) is 0 Å². The van der Waals surface area contributed by atoms with Crippen molar-refractivity contribution in [3.63, 3.8) is 0 Å². The van der Waals surface area contributed by atoms with Crippen molar-refractivity contribution < 1.29 is 37.0 Å². The predicted octanol–water partition coefficient (Wildman–Crippen LogP) is 2.44. The molecule has 0 spiro atoms. The minimum Gasteiger partial charge on any atom is -0.506 e. The molecule has 1 rings (SSSR count). The summed E-state index contributed by atoms with van der Waals surface area (Å²) >= 11 is 0. The van der Waals surface area contributed by atoms with Crippen molar-refractivity contribution in [2.45, 2.75) is 12.6 Å². The molecule has 0 aliphatic rings. The van der Waals surface area contributed by atoms with Crippen LogP contribution in [0.5, 0.6) is 5.75 Å². The molecule has 0 fully saturated rings. The van der Waals surface area contributed by atoms with Crippen molar-refractivity contribution in [1.82, 2.24) is 4.98 Å². The summed E-state index contributed by atoms with van der Waals surface area (Å²) in [5, 5.41) is 17.3. The Balaban J connectivity index is 3.51. The number of carbonyl (C=O) groups is 1. The van der Waals surface area contributed by atoms with E-state index in [-0.39, 0.29) is 6.07 Å². The van der Waals surface area contributed by atoms with Crippen LogP contribution in [0.2, 0.25) is 0 Å². The second-order valence-electron chi connectivity index (χ2n) is 2.90. The Kier molecular flexibility index (Phi) is 3.21. The van der Waals surface area contributed by atoms with Crippen LogP contribution in [0.15, 0.2) is 6.07 Å². The van der Waals surface area contributed by atoms with Gasteiger partial charge in [-0.2, -0.15) is 13.2 Å². The van der Waals surface area contributed by atoms with Crippen LogP contribution < -0.4 is 0 Å². The Labute approximate surface area is 90.3 Å². The van der Waals surface area contributed by atoms with Gasteiger partial charge in [-0.05, 0) is 6.07 Å². The van der Waals surface area contributed by atoms with Gasteiger partial charge >= 0.3 is 12.1 Å². The van der Waals surface area contributed by atoms with E-state index in [0.717, 1.165) is 0 Å². The molecule has 0 amide bonds. The van der Waals surface area contributed by atoms with Crippen molar-refractivity contribution in [1.29, 1.82) is 0 Å². The highest BCUT2D eigenvalue weighted by Gasteiger charge is 2.38. The topological polar surface area (TPSA) is 70.4 Å². The number of halogens is 5. The van der Waals surface area contributed by atoms with Crippen LogP contribution in [-0.4, -0.2) is 21.2 Å². The zero-order chi connectivity index (χ0) is 13.4. The molecule has 1 aromatic rings.